The van der Waals surface area contributed by atoms with E-state index in [2.05, 4.69) is 22.4 Å². The molecule has 6 aromatic rings. The quantitative estimate of drug-likeness (QED) is 0.202. The van der Waals surface area contributed by atoms with Gasteiger partial charge in [0, 0.05) is 52.9 Å². The fourth-order valence-corrected chi connectivity index (χ4v) is 7.73. The number of carbonyl (C=O) groups excluding carboxylic acids is 1. The zero-order valence-corrected chi connectivity index (χ0v) is 25.8. The minimum absolute atomic E-state index is 0.00541. The maximum absolute atomic E-state index is 13.2. The van der Waals surface area contributed by atoms with Crippen molar-refractivity contribution in [1.82, 2.24) is 15.3 Å². The molecule has 3 heterocycles. The Bertz CT molecular complexity index is 2100. The van der Waals surface area contributed by atoms with E-state index in [1.165, 1.54) is 0 Å². The zero-order chi connectivity index (χ0) is 31.0. The van der Waals surface area contributed by atoms with Crippen LogP contribution in [0.25, 0.3) is 44.2 Å². The van der Waals surface area contributed by atoms with Crippen molar-refractivity contribution in [2.75, 3.05) is 25.0 Å². The lowest BCUT2D eigenvalue weighted by molar-refractivity contribution is -0.122. The molecule has 0 spiro atoms. The molecule has 226 valence electrons. The van der Waals surface area contributed by atoms with Crippen molar-refractivity contribution in [1.29, 1.82) is 0 Å². The third kappa shape index (κ3) is 5.63. The number of hydrogen-bond acceptors (Lipinski definition) is 5. The molecule has 0 saturated carbocycles. The average Bonchev–Trinajstić information content (AvgIpc) is 3.46. The summed E-state index contributed by atoms with van der Waals surface area (Å²) in [6.45, 7) is 1.69. The first-order valence-electron chi connectivity index (χ1n) is 15.2. The Kier molecular flexibility index (Phi) is 7.69. The fraction of sp³-hybridized carbons (Fsp3) is 0.189. The molecule has 1 saturated heterocycles. The number of piperidine rings is 1. The summed E-state index contributed by atoms with van der Waals surface area (Å²) in [4.78, 5) is 23.5. The Labute approximate surface area is 262 Å². The molecular formula is C37H34N4O3S. The van der Waals surface area contributed by atoms with Crippen molar-refractivity contribution in [3.63, 3.8) is 0 Å². The molecule has 0 bridgehead atoms. The van der Waals surface area contributed by atoms with Crippen LogP contribution in [0.3, 0.4) is 0 Å². The number of nitrogens with zero attached hydrogens (tertiary/aromatic N) is 2. The highest BCUT2D eigenvalue weighted by Gasteiger charge is 2.25. The van der Waals surface area contributed by atoms with Gasteiger partial charge < -0.3 is 15.2 Å². The van der Waals surface area contributed by atoms with E-state index in [9.17, 15) is 13.2 Å². The van der Waals surface area contributed by atoms with Crippen molar-refractivity contribution in [3.05, 3.63) is 115 Å². The second kappa shape index (κ2) is 12.0. The van der Waals surface area contributed by atoms with Crippen molar-refractivity contribution in [3.8, 4) is 22.3 Å². The van der Waals surface area contributed by atoms with Gasteiger partial charge in [0.1, 0.15) is 5.65 Å². The maximum atomic E-state index is 13.2. The highest BCUT2D eigenvalue weighted by molar-refractivity contribution is 7.90. The number of amides is 1. The molecule has 7 nitrogen and oxygen atoms in total. The molecule has 8 heteroatoms. The molecule has 1 aliphatic heterocycles. The van der Waals surface area contributed by atoms with Crippen LogP contribution >= 0.6 is 0 Å². The number of rotatable bonds is 7. The molecule has 45 heavy (non-hydrogen) atoms. The molecular weight excluding hydrogens is 580 g/mol. The van der Waals surface area contributed by atoms with Crippen molar-refractivity contribution in [2.45, 2.75) is 23.5 Å². The normalized spacial score (nSPS) is 15.4. The van der Waals surface area contributed by atoms with E-state index in [0.717, 1.165) is 75.8 Å². The summed E-state index contributed by atoms with van der Waals surface area (Å²) >= 11 is 0. The van der Waals surface area contributed by atoms with Crippen LogP contribution in [-0.4, -0.2) is 44.4 Å². The fourth-order valence-electron chi connectivity index (χ4n) is 6.38. The van der Waals surface area contributed by atoms with Crippen LogP contribution in [-0.2, 0) is 20.4 Å². The molecule has 0 radical (unpaired) electrons. The Hall–Kier alpha value is -4.79. The summed E-state index contributed by atoms with van der Waals surface area (Å²) in [6, 6.07) is 32.6. The number of aromatic nitrogens is 2. The number of H-pyrrole nitrogens is 1. The van der Waals surface area contributed by atoms with E-state index < -0.39 is 9.84 Å². The summed E-state index contributed by atoms with van der Waals surface area (Å²) in [7, 11) is -1.67. The van der Waals surface area contributed by atoms with Crippen LogP contribution in [0.4, 0.5) is 5.69 Å². The number of fused-ring (bicyclic) bond motifs is 3. The van der Waals surface area contributed by atoms with Crippen LogP contribution in [0.2, 0.25) is 0 Å². The van der Waals surface area contributed by atoms with Crippen LogP contribution < -0.4 is 10.2 Å². The van der Waals surface area contributed by atoms with Gasteiger partial charge in [-0.3, -0.25) is 4.79 Å². The summed E-state index contributed by atoms with van der Waals surface area (Å²) in [5.74, 6) is 0.0268. The second-order valence-corrected chi connectivity index (χ2v) is 13.7. The Morgan fingerprint density at radius 3 is 2.36 bits per heavy atom. The molecule has 0 aliphatic carbocycles. The summed E-state index contributed by atoms with van der Waals surface area (Å²) in [5.41, 5.74) is 7.16. The molecule has 7 rings (SSSR count). The molecule has 1 fully saturated rings. The average molecular weight is 615 g/mol. The second-order valence-electron chi connectivity index (χ2n) is 11.7. The summed E-state index contributed by atoms with van der Waals surface area (Å²) in [5, 5.41) is 5.19. The number of carbonyl (C=O) groups is 1. The monoisotopic (exact) mass is 614 g/mol. The molecule has 1 unspecified atom stereocenters. The third-order valence-electron chi connectivity index (χ3n) is 8.75. The Morgan fingerprint density at radius 2 is 1.64 bits per heavy atom. The van der Waals surface area contributed by atoms with Crippen LogP contribution in [0.1, 0.15) is 18.4 Å². The van der Waals surface area contributed by atoms with Crippen LogP contribution in [0.15, 0.2) is 114 Å². The van der Waals surface area contributed by atoms with Gasteiger partial charge in [-0.15, -0.1) is 0 Å². The van der Waals surface area contributed by atoms with Gasteiger partial charge in [-0.1, -0.05) is 66.7 Å². The van der Waals surface area contributed by atoms with Gasteiger partial charge in [-0.25, -0.2) is 13.4 Å². The predicted octanol–water partition coefficient (Wildman–Crippen LogP) is 6.99. The molecule has 4 aromatic carbocycles. The van der Waals surface area contributed by atoms with E-state index in [1.807, 2.05) is 80.0 Å². The first-order chi connectivity index (χ1) is 21.9. The number of nitrogens with one attached hydrogen (secondary N) is 2. The molecule has 1 atom stereocenters. The maximum Gasteiger partial charge on any atom is 0.231 e. The van der Waals surface area contributed by atoms with Crippen molar-refractivity contribution in [2.24, 2.45) is 5.92 Å². The highest BCUT2D eigenvalue weighted by atomic mass is 32.2. The highest BCUT2D eigenvalue weighted by Crippen LogP contribution is 2.41. The van der Waals surface area contributed by atoms with Crippen molar-refractivity contribution >= 4 is 43.4 Å². The Morgan fingerprint density at radius 1 is 0.911 bits per heavy atom. The molecule has 1 amide bonds. The van der Waals surface area contributed by atoms with Gasteiger partial charge in [0.05, 0.1) is 16.6 Å². The zero-order valence-electron chi connectivity index (χ0n) is 25.0. The first-order valence-corrected chi connectivity index (χ1v) is 16.9. The number of pyridine rings is 1. The third-order valence-corrected chi connectivity index (χ3v) is 10.5. The van der Waals surface area contributed by atoms with Crippen molar-refractivity contribution < 1.29 is 13.2 Å². The first kappa shape index (κ1) is 29.0. The predicted molar refractivity (Wildman–Crippen MR) is 181 cm³/mol. The summed E-state index contributed by atoms with van der Waals surface area (Å²) in [6.07, 6.45) is 3.81. The number of sulfone groups is 1. The van der Waals surface area contributed by atoms with Gasteiger partial charge in [0.15, 0.2) is 9.84 Å². The largest absolute Gasteiger partial charge is 0.339 e. The minimum Gasteiger partial charge on any atom is -0.339 e. The van der Waals surface area contributed by atoms with E-state index in [1.54, 1.807) is 29.2 Å². The molecule has 2 N–H and O–H groups in total. The lowest BCUT2D eigenvalue weighted by Gasteiger charge is -2.27. The topological polar surface area (TPSA) is 95.2 Å². The number of aromatic amines is 1. The number of benzene rings is 4. The molecule has 1 aliphatic rings. The smallest absolute Gasteiger partial charge is 0.231 e. The van der Waals surface area contributed by atoms with Gasteiger partial charge in [0.2, 0.25) is 5.91 Å². The number of anilines is 1. The van der Waals surface area contributed by atoms with E-state index in [-0.39, 0.29) is 17.6 Å². The van der Waals surface area contributed by atoms with E-state index >= 15 is 0 Å². The Balaban J connectivity index is 1.31. The number of hydrogen-bond donors (Lipinski definition) is 2. The lowest BCUT2D eigenvalue weighted by Crippen LogP contribution is -2.41. The van der Waals surface area contributed by atoms with Crippen LogP contribution in [0.5, 0.6) is 0 Å². The van der Waals surface area contributed by atoms with Gasteiger partial charge in [-0.05, 0) is 72.5 Å². The summed E-state index contributed by atoms with van der Waals surface area (Å²) < 4.78 is 26.5. The lowest BCUT2D eigenvalue weighted by atomic mass is 9.92. The van der Waals surface area contributed by atoms with E-state index in [4.69, 9.17) is 4.98 Å². The van der Waals surface area contributed by atoms with Gasteiger partial charge in [-0.2, -0.15) is 0 Å². The van der Waals surface area contributed by atoms with Crippen LogP contribution in [0, 0.1) is 5.92 Å². The molecule has 2 aromatic heterocycles. The van der Waals surface area contributed by atoms with Gasteiger partial charge >= 0.3 is 0 Å². The van der Waals surface area contributed by atoms with Gasteiger partial charge in [0.25, 0.3) is 0 Å². The SMILES string of the molecule is CN(C(=O)C1CCCNC1)c1ccc(-c2cnc3[nH]c4ccc(CS(=O)(=O)c5ccccc5)cc4c3c2-c2ccccc2)cc1. The van der Waals surface area contributed by atoms with E-state index in [0.29, 0.717) is 10.5 Å². The minimum atomic E-state index is -3.51. The standard InChI is InChI=1S/C37H34N4O3S/c1-41(37(42)28-11-8-20-38-22-28)29-17-15-26(16-18-29)32-23-39-36-35(34(32)27-9-4-2-5-10-27)31-21-25(14-19-33(31)40-36)24-45(43,44)30-12-6-3-7-13-30/h2-7,9-10,12-19,21,23,28,38H,8,11,20,22,24H2,1H3,(H,39,40).